The van der Waals surface area contributed by atoms with Gasteiger partial charge in [-0.15, -0.1) is 0 Å². The molecule has 135 valence electrons. The van der Waals surface area contributed by atoms with Crippen LogP contribution in [0.15, 0.2) is 41.0 Å². The molecular weight excluding hydrogens is 416 g/mol. The van der Waals surface area contributed by atoms with Crippen LogP contribution in [0.25, 0.3) is 16.9 Å². The summed E-state index contributed by atoms with van der Waals surface area (Å²) >= 11 is 9.86. The maximum absolute atomic E-state index is 6.35. The molecule has 0 unspecified atom stereocenters. The number of fused-ring (bicyclic) bond motifs is 1. The van der Waals surface area contributed by atoms with E-state index in [0.29, 0.717) is 5.02 Å². The lowest BCUT2D eigenvalue weighted by Crippen LogP contribution is -2.22. The first-order valence-electron chi connectivity index (χ1n) is 8.31. The molecule has 3 aromatic rings. The van der Waals surface area contributed by atoms with E-state index < -0.39 is 0 Å². The highest BCUT2D eigenvalue weighted by Crippen LogP contribution is 2.30. The topological polar surface area (TPSA) is 63.5 Å². The number of nitrogens with zero attached hydrogens (tertiary/aromatic N) is 3. The summed E-state index contributed by atoms with van der Waals surface area (Å²) in [5, 5.41) is 11.6. The maximum atomic E-state index is 6.35. The second-order valence-corrected chi connectivity index (χ2v) is 6.94. The molecule has 0 fully saturated rings. The first kappa shape index (κ1) is 19.2. The molecule has 6 nitrogen and oxygen atoms in total. The number of rotatable bonds is 9. The van der Waals surface area contributed by atoms with E-state index in [9.17, 15) is 0 Å². The number of aromatic nitrogens is 3. The van der Waals surface area contributed by atoms with E-state index in [1.54, 1.807) is 25.4 Å². The third kappa shape index (κ3) is 4.56. The van der Waals surface area contributed by atoms with Gasteiger partial charge in [0.25, 0.3) is 0 Å². The quantitative estimate of drug-likeness (QED) is 0.396. The molecule has 0 spiro atoms. The summed E-state index contributed by atoms with van der Waals surface area (Å²) in [6.45, 7) is 1.70. The summed E-state index contributed by atoms with van der Waals surface area (Å²) in [5.41, 5.74) is 2.46. The van der Waals surface area contributed by atoms with Crippen molar-refractivity contribution in [1.29, 1.82) is 0 Å². The number of hydrogen-bond donors (Lipinski definition) is 2. The number of anilines is 1. The molecule has 0 aliphatic rings. The van der Waals surface area contributed by atoms with Gasteiger partial charge < -0.3 is 15.2 Å². The van der Waals surface area contributed by atoms with Crippen molar-refractivity contribution in [3.63, 3.8) is 0 Å². The average Bonchev–Trinajstić information content (AvgIpc) is 3.02. The van der Waals surface area contributed by atoms with Crippen molar-refractivity contribution in [3.8, 4) is 11.3 Å². The molecule has 2 aromatic heterocycles. The van der Waals surface area contributed by atoms with Gasteiger partial charge in [-0.2, -0.15) is 9.61 Å². The standard InChI is InChI=1S/C17H19BBrClN5O/c1-26-18-22-9-5-4-8-21-16-10-15(12-6-2-3-7-14(12)20)24-17-13(19)11-23-25(16)17/h2-3,6-7,10-11,21-22H,4-5,8-9H2,1H3. The van der Waals surface area contributed by atoms with E-state index in [1.807, 2.05) is 30.3 Å². The van der Waals surface area contributed by atoms with Gasteiger partial charge in [-0.05, 0) is 41.4 Å². The Morgan fingerprint density at radius 2 is 2.08 bits per heavy atom. The predicted octanol–water partition coefficient (Wildman–Crippen LogP) is 3.77. The van der Waals surface area contributed by atoms with E-state index in [0.717, 1.165) is 53.1 Å². The van der Waals surface area contributed by atoms with Crippen LogP contribution in [0.2, 0.25) is 5.02 Å². The molecule has 9 heteroatoms. The summed E-state index contributed by atoms with van der Waals surface area (Å²) in [7, 11) is 3.22. The minimum absolute atomic E-state index is 0.673. The number of hydrogen-bond acceptors (Lipinski definition) is 5. The van der Waals surface area contributed by atoms with Crippen LogP contribution >= 0.6 is 27.5 Å². The van der Waals surface area contributed by atoms with Crippen molar-refractivity contribution >= 4 is 46.6 Å². The molecule has 0 atom stereocenters. The summed E-state index contributed by atoms with van der Waals surface area (Å²) in [4.78, 5) is 4.71. The monoisotopic (exact) mass is 434 g/mol. The van der Waals surface area contributed by atoms with Crippen molar-refractivity contribution in [3.05, 3.63) is 46.0 Å². The number of halogens is 2. The van der Waals surface area contributed by atoms with Gasteiger partial charge in [-0.25, -0.2) is 4.98 Å². The Morgan fingerprint density at radius 3 is 2.88 bits per heavy atom. The summed E-state index contributed by atoms with van der Waals surface area (Å²) in [6, 6.07) is 9.67. The first-order chi connectivity index (χ1) is 12.7. The summed E-state index contributed by atoms with van der Waals surface area (Å²) in [5.74, 6) is 0.882. The molecule has 0 aliphatic carbocycles. The third-order valence-corrected chi connectivity index (χ3v) is 4.72. The Bertz CT molecular complexity index is 875. The zero-order chi connectivity index (χ0) is 18.4. The van der Waals surface area contributed by atoms with Gasteiger partial charge in [0.2, 0.25) is 0 Å². The maximum Gasteiger partial charge on any atom is 0.395 e. The second-order valence-electron chi connectivity index (χ2n) is 5.68. The third-order valence-electron chi connectivity index (χ3n) is 3.83. The molecule has 0 aliphatic heterocycles. The fourth-order valence-corrected chi connectivity index (χ4v) is 3.16. The minimum atomic E-state index is 0.673. The molecule has 0 saturated heterocycles. The van der Waals surface area contributed by atoms with Gasteiger partial charge in [0.15, 0.2) is 5.65 Å². The Hall–Kier alpha value is -1.61. The Balaban J connectivity index is 1.77. The lowest BCUT2D eigenvalue weighted by molar-refractivity contribution is 0.430. The van der Waals surface area contributed by atoms with E-state index in [2.05, 4.69) is 31.6 Å². The predicted molar refractivity (Wildman–Crippen MR) is 110 cm³/mol. The van der Waals surface area contributed by atoms with Gasteiger partial charge in [0.1, 0.15) is 5.82 Å². The van der Waals surface area contributed by atoms with Crippen molar-refractivity contribution in [2.75, 3.05) is 25.5 Å². The van der Waals surface area contributed by atoms with Gasteiger partial charge in [-0.1, -0.05) is 29.8 Å². The van der Waals surface area contributed by atoms with E-state index in [4.69, 9.17) is 21.2 Å². The number of unbranched alkanes of at least 4 members (excludes halogenated alkanes) is 1. The molecule has 0 bridgehead atoms. The van der Waals surface area contributed by atoms with Gasteiger partial charge in [0.05, 0.1) is 16.4 Å². The molecule has 1 aromatic carbocycles. The van der Waals surface area contributed by atoms with Crippen LogP contribution in [-0.2, 0) is 4.65 Å². The summed E-state index contributed by atoms with van der Waals surface area (Å²) < 4.78 is 7.48. The molecule has 3 rings (SSSR count). The first-order valence-corrected chi connectivity index (χ1v) is 9.48. The van der Waals surface area contributed by atoms with Crippen molar-refractivity contribution < 1.29 is 4.65 Å². The molecule has 26 heavy (non-hydrogen) atoms. The normalized spacial score (nSPS) is 11.0. The number of nitrogens with one attached hydrogen (secondary N) is 2. The van der Waals surface area contributed by atoms with E-state index in [-0.39, 0.29) is 0 Å². The Labute approximate surface area is 166 Å². The fraction of sp³-hybridized carbons (Fsp3) is 0.294. The second kappa shape index (κ2) is 9.37. The number of benzene rings is 1. The smallest absolute Gasteiger partial charge is 0.395 e. The SMILES string of the molecule is CO[B]NCCCCNc1cc(-c2ccccc2Cl)nc2c(Br)cnn12. The van der Waals surface area contributed by atoms with Gasteiger partial charge in [-0.3, -0.25) is 0 Å². The highest BCUT2D eigenvalue weighted by atomic mass is 79.9. The van der Waals surface area contributed by atoms with Crippen LogP contribution in [0.5, 0.6) is 0 Å². The largest absolute Gasteiger partial charge is 0.427 e. The fourth-order valence-electron chi connectivity index (χ4n) is 2.58. The minimum Gasteiger partial charge on any atom is -0.427 e. The Morgan fingerprint density at radius 1 is 1.27 bits per heavy atom. The van der Waals surface area contributed by atoms with Crippen LogP contribution in [0, 0.1) is 0 Å². The van der Waals surface area contributed by atoms with Crippen LogP contribution in [0.1, 0.15) is 12.8 Å². The van der Waals surface area contributed by atoms with Gasteiger partial charge in [0, 0.05) is 30.3 Å². The zero-order valence-corrected chi connectivity index (χ0v) is 16.7. The molecular formula is C17H19BBrClN5O. The van der Waals surface area contributed by atoms with E-state index >= 15 is 0 Å². The molecule has 1 radical (unpaired) electrons. The lowest BCUT2D eigenvalue weighted by Gasteiger charge is -2.11. The van der Waals surface area contributed by atoms with Crippen LogP contribution in [0.4, 0.5) is 5.82 Å². The van der Waals surface area contributed by atoms with Crippen molar-refractivity contribution in [2.24, 2.45) is 0 Å². The molecule has 0 amide bonds. The highest BCUT2D eigenvalue weighted by Gasteiger charge is 2.12. The van der Waals surface area contributed by atoms with E-state index in [1.165, 1.54) is 0 Å². The van der Waals surface area contributed by atoms with Gasteiger partial charge >= 0.3 is 7.62 Å². The molecule has 0 saturated carbocycles. The average molecular weight is 436 g/mol. The van der Waals surface area contributed by atoms with Crippen LogP contribution in [0.3, 0.4) is 0 Å². The zero-order valence-electron chi connectivity index (χ0n) is 14.4. The van der Waals surface area contributed by atoms with Crippen molar-refractivity contribution in [2.45, 2.75) is 12.8 Å². The molecule has 2 heterocycles. The highest BCUT2D eigenvalue weighted by molar-refractivity contribution is 9.10. The van der Waals surface area contributed by atoms with Crippen molar-refractivity contribution in [1.82, 2.24) is 19.8 Å². The lowest BCUT2D eigenvalue weighted by atomic mass is 10.1. The Kier molecular flexibility index (Phi) is 6.90. The summed E-state index contributed by atoms with van der Waals surface area (Å²) in [6.07, 6.45) is 3.79. The van der Waals surface area contributed by atoms with Crippen LogP contribution < -0.4 is 10.5 Å². The van der Waals surface area contributed by atoms with Crippen LogP contribution in [-0.4, -0.2) is 42.4 Å². The molecule has 2 N–H and O–H groups in total.